The van der Waals surface area contributed by atoms with Gasteiger partial charge < -0.3 is 10.6 Å². The zero-order chi connectivity index (χ0) is 15.9. The SMILES string of the molecule is C[C@@H](NC1CCCCCCC1)C(=O)Nc1ccc(Cl)cc1F. The Bertz CT molecular complexity index is 501. The molecule has 22 heavy (non-hydrogen) atoms. The molecule has 1 amide bonds. The molecule has 1 atom stereocenters. The van der Waals surface area contributed by atoms with Crippen LogP contribution in [0, 0.1) is 5.82 Å². The van der Waals surface area contributed by atoms with Crippen molar-refractivity contribution in [2.75, 3.05) is 5.32 Å². The lowest BCUT2D eigenvalue weighted by atomic mass is 9.96. The van der Waals surface area contributed by atoms with Crippen molar-refractivity contribution in [2.45, 2.75) is 64.0 Å². The Hall–Kier alpha value is -1.13. The third-order valence-corrected chi connectivity index (χ3v) is 4.41. The molecule has 1 aliphatic carbocycles. The number of amides is 1. The summed E-state index contributed by atoms with van der Waals surface area (Å²) >= 11 is 5.71. The molecular formula is C17H24ClFN2O. The van der Waals surface area contributed by atoms with Crippen molar-refractivity contribution in [3.8, 4) is 0 Å². The smallest absolute Gasteiger partial charge is 0.241 e. The van der Waals surface area contributed by atoms with Gasteiger partial charge in [0, 0.05) is 11.1 Å². The molecule has 0 saturated heterocycles. The van der Waals surface area contributed by atoms with Crippen LogP contribution in [-0.2, 0) is 4.79 Å². The molecule has 1 aromatic rings. The van der Waals surface area contributed by atoms with Crippen molar-refractivity contribution in [1.29, 1.82) is 0 Å². The maximum Gasteiger partial charge on any atom is 0.241 e. The van der Waals surface area contributed by atoms with Crippen LogP contribution in [0.3, 0.4) is 0 Å². The first-order valence-electron chi connectivity index (χ1n) is 8.08. The van der Waals surface area contributed by atoms with E-state index in [0.29, 0.717) is 11.1 Å². The van der Waals surface area contributed by atoms with Crippen molar-refractivity contribution in [2.24, 2.45) is 0 Å². The lowest BCUT2D eigenvalue weighted by Gasteiger charge is -2.24. The molecule has 5 heteroatoms. The second-order valence-corrected chi connectivity index (χ2v) is 6.48. The van der Waals surface area contributed by atoms with E-state index in [2.05, 4.69) is 10.6 Å². The highest BCUT2D eigenvalue weighted by Crippen LogP contribution is 2.20. The highest BCUT2D eigenvalue weighted by atomic mass is 35.5. The van der Waals surface area contributed by atoms with Gasteiger partial charge >= 0.3 is 0 Å². The Balaban J connectivity index is 1.88. The summed E-state index contributed by atoms with van der Waals surface area (Å²) in [7, 11) is 0. The van der Waals surface area contributed by atoms with Crippen LogP contribution in [0.4, 0.5) is 10.1 Å². The lowest BCUT2D eigenvalue weighted by molar-refractivity contribution is -0.118. The van der Waals surface area contributed by atoms with Crippen molar-refractivity contribution < 1.29 is 9.18 Å². The number of hydrogen-bond donors (Lipinski definition) is 2. The first kappa shape index (κ1) is 17.2. The summed E-state index contributed by atoms with van der Waals surface area (Å²) < 4.78 is 13.7. The van der Waals surface area contributed by atoms with E-state index in [1.807, 2.05) is 6.92 Å². The molecule has 1 saturated carbocycles. The lowest BCUT2D eigenvalue weighted by Crippen LogP contribution is -2.44. The van der Waals surface area contributed by atoms with Crippen molar-refractivity contribution in [3.05, 3.63) is 29.0 Å². The van der Waals surface area contributed by atoms with Gasteiger partial charge in [-0.15, -0.1) is 0 Å². The fraction of sp³-hybridized carbons (Fsp3) is 0.588. The van der Waals surface area contributed by atoms with Gasteiger partial charge in [0.25, 0.3) is 0 Å². The predicted molar refractivity (Wildman–Crippen MR) is 88.7 cm³/mol. The number of nitrogens with one attached hydrogen (secondary N) is 2. The summed E-state index contributed by atoms with van der Waals surface area (Å²) in [5.41, 5.74) is 0.167. The number of hydrogen-bond acceptors (Lipinski definition) is 2. The highest BCUT2D eigenvalue weighted by molar-refractivity contribution is 6.30. The molecule has 0 heterocycles. The summed E-state index contributed by atoms with van der Waals surface area (Å²) in [5, 5.41) is 6.31. The number of benzene rings is 1. The number of anilines is 1. The molecule has 122 valence electrons. The molecule has 0 unspecified atom stereocenters. The summed E-state index contributed by atoms with van der Waals surface area (Å²) in [5.74, 6) is -0.734. The molecule has 2 N–H and O–H groups in total. The Morgan fingerprint density at radius 1 is 1.23 bits per heavy atom. The Labute approximate surface area is 136 Å². The molecule has 3 nitrogen and oxygen atoms in total. The van der Waals surface area contributed by atoms with Crippen molar-refractivity contribution in [1.82, 2.24) is 5.32 Å². The standard InChI is InChI=1S/C17H24ClFN2O/c1-12(20-14-7-5-3-2-4-6-8-14)17(22)21-16-10-9-13(18)11-15(16)19/h9-12,14,20H,2-8H2,1H3,(H,21,22)/t12-/m1/s1. The zero-order valence-electron chi connectivity index (χ0n) is 13.0. The third kappa shape index (κ3) is 5.25. The first-order chi connectivity index (χ1) is 10.6. The van der Waals surface area contributed by atoms with E-state index in [1.54, 1.807) is 6.07 Å². The maximum absolute atomic E-state index is 13.7. The van der Waals surface area contributed by atoms with E-state index in [1.165, 1.54) is 44.2 Å². The normalized spacial score (nSPS) is 18.3. The summed E-state index contributed by atoms with van der Waals surface area (Å²) in [6.07, 6.45) is 8.48. The van der Waals surface area contributed by atoms with Gasteiger partial charge in [0.2, 0.25) is 5.91 Å². The van der Waals surface area contributed by atoms with E-state index in [9.17, 15) is 9.18 Å². The van der Waals surface area contributed by atoms with E-state index < -0.39 is 5.82 Å². The maximum atomic E-state index is 13.7. The van der Waals surface area contributed by atoms with E-state index >= 15 is 0 Å². The third-order valence-electron chi connectivity index (χ3n) is 4.17. The second-order valence-electron chi connectivity index (χ2n) is 6.04. The molecule has 2 rings (SSSR count). The highest BCUT2D eigenvalue weighted by Gasteiger charge is 2.19. The summed E-state index contributed by atoms with van der Waals surface area (Å²) in [4.78, 5) is 12.2. The number of halogens is 2. The Morgan fingerprint density at radius 3 is 2.50 bits per heavy atom. The van der Waals surface area contributed by atoms with Gasteiger partial charge in [-0.3, -0.25) is 4.79 Å². The minimum Gasteiger partial charge on any atom is -0.322 e. The number of carbonyl (C=O) groups is 1. The van der Waals surface area contributed by atoms with Crippen LogP contribution in [0.2, 0.25) is 5.02 Å². The monoisotopic (exact) mass is 326 g/mol. The minimum absolute atomic E-state index is 0.167. The van der Waals surface area contributed by atoms with Crippen LogP contribution in [0.1, 0.15) is 51.9 Å². The molecule has 1 aliphatic rings. The predicted octanol–water partition coefficient (Wildman–Crippen LogP) is 4.51. The Morgan fingerprint density at radius 2 is 1.86 bits per heavy atom. The fourth-order valence-electron chi connectivity index (χ4n) is 2.88. The quantitative estimate of drug-likeness (QED) is 0.854. The van der Waals surface area contributed by atoms with Crippen LogP contribution in [0.15, 0.2) is 18.2 Å². The Kier molecular flexibility index (Phi) is 6.65. The van der Waals surface area contributed by atoms with E-state index in [4.69, 9.17) is 11.6 Å². The zero-order valence-corrected chi connectivity index (χ0v) is 13.8. The molecule has 1 fully saturated rings. The summed E-state index contributed by atoms with van der Waals surface area (Å²) in [6.45, 7) is 1.82. The molecule has 0 aliphatic heterocycles. The minimum atomic E-state index is -0.515. The largest absolute Gasteiger partial charge is 0.322 e. The van der Waals surface area contributed by atoms with Gasteiger partial charge in [0.1, 0.15) is 5.82 Å². The molecule has 0 radical (unpaired) electrons. The van der Waals surface area contributed by atoms with Gasteiger partial charge in [-0.2, -0.15) is 0 Å². The topological polar surface area (TPSA) is 41.1 Å². The van der Waals surface area contributed by atoms with Crippen LogP contribution in [-0.4, -0.2) is 18.0 Å². The van der Waals surface area contributed by atoms with Crippen LogP contribution < -0.4 is 10.6 Å². The van der Waals surface area contributed by atoms with Crippen LogP contribution in [0.5, 0.6) is 0 Å². The molecule has 0 spiro atoms. The van der Waals surface area contributed by atoms with Gasteiger partial charge in [-0.1, -0.05) is 43.7 Å². The second kappa shape index (κ2) is 8.49. The number of rotatable bonds is 4. The number of carbonyl (C=O) groups excluding carboxylic acids is 1. The van der Waals surface area contributed by atoms with Gasteiger partial charge in [-0.05, 0) is 38.0 Å². The van der Waals surface area contributed by atoms with E-state index in [0.717, 1.165) is 12.8 Å². The fourth-order valence-corrected chi connectivity index (χ4v) is 3.04. The van der Waals surface area contributed by atoms with Crippen LogP contribution >= 0.6 is 11.6 Å². The molecule has 0 aromatic heterocycles. The van der Waals surface area contributed by atoms with Crippen LogP contribution in [0.25, 0.3) is 0 Å². The molecular weight excluding hydrogens is 303 g/mol. The molecule has 0 bridgehead atoms. The average molecular weight is 327 g/mol. The van der Waals surface area contributed by atoms with Crippen molar-refractivity contribution in [3.63, 3.8) is 0 Å². The van der Waals surface area contributed by atoms with Gasteiger partial charge in [0.15, 0.2) is 0 Å². The molecule has 1 aromatic carbocycles. The van der Waals surface area contributed by atoms with E-state index in [-0.39, 0.29) is 17.6 Å². The average Bonchev–Trinajstić information content (AvgIpc) is 2.44. The summed E-state index contributed by atoms with van der Waals surface area (Å²) in [6, 6.07) is 4.27. The first-order valence-corrected chi connectivity index (χ1v) is 8.46. The van der Waals surface area contributed by atoms with Gasteiger partial charge in [-0.25, -0.2) is 4.39 Å². The van der Waals surface area contributed by atoms with Crippen molar-refractivity contribution >= 4 is 23.2 Å². The van der Waals surface area contributed by atoms with Gasteiger partial charge in [0.05, 0.1) is 11.7 Å².